The van der Waals surface area contributed by atoms with Gasteiger partial charge in [0.05, 0.1) is 10.5 Å². The molecule has 0 unspecified atom stereocenters. The van der Waals surface area contributed by atoms with E-state index in [1.54, 1.807) is 37.3 Å². The zero-order valence-electron chi connectivity index (χ0n) is 18.6. The normalized spacial score (nSPS) is 15.4. The molecule has 2 heterocycles. The Morgan fingerprint density at radius 2 is 1.76 bits per heavy atom. The Hall–Kier alpha value is -3.50. The van der Waals surface area contributed by atoms with Crippen LogP contribution in [-0.4, -0.2) is 42.8 Å². The van der Waals surface area contributed by atoms with Crippen LogP contribution in [0.2, 0.25) is 0 Å². The summed E-state index contributed by atoms with van der Waals surface area (Å²) in [6, 6.07) is 15.7. The van der Waals surface area contributed by atoms with E-state index in [4.69, 9.17) is 9.26 Å². The molecular formula is C24H25N3O6S. The molecule has 9 nitrogen and oxygen atoms in total. The Kier molecular flexibility index (Phi) is 7.09. The predicted octanol–water partition coefficient (Wildman–Crippen LogP) is 3.69. The van der Waals surface area contributed by atoms with E-state index in [0.29, 0.717) is 24.4 Å². The molecule has 1 amide bonds. The van der Waals surface area contributed by atoms with Crippen LogP contribution in [-0.2, 0) is 19.6 Å². The first-order chi connectivity index (χ1) is 16.3. The number of benzene rings is 2. The number of rotatable bonds is 7. The van der Waals surface area contributed by atoms with Crippen molar-refractivity contribution in [2.24, 2.45) is 0 Å². The largest absolute Gasteiger partial charge is 0.444 e. The number of aryl methyl sites for hydroxylation is 1. The molecule has 1 atom stereocenters. The van der Waals surface area contributed by atoms with Crippen molar-refractivity contribution in [3.63, 3.8) is 0 Å². The Labute approximate surface area is 197 Å². The van der Waals surface area contributed by atoms with Crippen molar-refractivity contribution in [3.05, 3.63) is 77.6 Å². The Balaban J connectivity index is 1.57. The SMILES string of the molecule is Cc1cc(NC(=O)[C@H](OC(=O)c2cccc(S(=O)(=O)N3CCCCC3)c2)c2ccccc2)no1. The summed E-state index contributed by atoms with van der Waals surface area (Å²) in [5.74, 6) is -0.745. The molecule has 10 heteroatoms. The van der Waals surface area contributed by atoms with Gasteiger partial charge in [0.1, 0.15) is 5.76 Å². The molecule has 0 saturated carbocycles. The molecule has 34 heavy (non-hydrogen) atoms. The van der Waals surface area contributed by atoms with Crippen LogP contribution in [0.5, 0.6) is 0 Å². The summed E-state index contributed by atoms with van der Waals surface area (Å²) >= 11 is 0. The van der Waals surface area contributed by atoms with Crippen molar-refractivity contribution in [1.29, 1.82) is 0 Å². The fraction of sp³-hybridized carbons (Fsp3) is 0.292. The maximum Gasteiger partial charge on any atom is 0.339 e. The molecule has 0 bridgehead atoms. The van der Waals surface area contributed by atoms with Gasteiger partial charge in [-0.25, -0.2) is 13.2 Å². The van der Waals surface area contributed by atoms with Gasteiger partial charge in [0, 0.05) is 24.7 Å². The molecule has 178 valence electrons. The first kappa shape index (κ1) is 23.7. The lowest BCUT2D eigenvalue weighted by molar-refractivity contribution is -0.125. The summed E-state index contributed by atoms with van der Waals surface area (Å²) in [6.07, 6.45) is 1.32. The molecule has 4 rings (SSSR count). The molecule has 0 aliphatic carbocycles. The van der Waals surface area contributed by atoms with Crippen molar-refractivity contribution >= 4 is 27.7 Å². The molecule has 1 aromatic heterocycles. The Morgan fingerprint density at radius 1 is 1.03 bits per heavy atom. The maximum atomic E-state index is 13.0. The van der Waals surface area contributed by atoms with Crippen LogP contribution >= 0.6 is 0 Å². The van der Waals surface area contributed by atoms with E-state index < -0.39 is 28.0 Å². The number of ether oxygens (including phenoxy) is 1. The molecule has 1 saturated heterocycles. The minimum atomic E-state index is -3.73. The molecular weight excluding hydrogens is 458 g/mol. The molecule has 0 radical (unpaired) electrons. The third kappa shape index (κ3) is 5.35. The molecule has 1 N–H and O–H groups in total. The first-order valence-electron chi connectivity index (χ1n) is 10.9. The summed E-state index contributed by atoms with van der Waals surface area (Å²) < 4.78 is 38.0. The summed E-state index contributed by atoms with van der Waals surface area (Å²) in [5.41, 5.74) is 0.481. The third-order valence-corrected chi connectivity index (χ3v) is 7.36. The molecule has 1 fully saturated rings. The van der Waals surface area contributed by atoms with E-state index in [0.717, 1.165) is 19.3 Å². The number of nitrogens with zero attached hydrogens (tertiary/aromatic N) is 2. The first-order valence-corrected chi connectivity index (χ1v) is 12.4. The lowest BCUT2D eigenvalue weighted by Gasteiger charge is -2.26. The minimum absolute atomic E-state index is 0.0163. The lowest BCUT2D eigenvalue weighted by atomic mass is 10.1. The number of carbonyl (C=O) groups excluding carboxylic acids is 2. The van der Waals surface area contributed by atoms with Gasteiger partial charge in [-0.05, 0) is 38.0 Å². The third-order valence-electron chi connectivity index (χ3n) is 5.47. The average molecular weight is 484 g/mol. The van der Waals surface area contributed by atoms with E-state index in [9.17, 15) is 18.0 Å². The number of amides is 1. The molecule has 1 aliphatic heterocycles. The second-order valence-corrected chi connectivity index (χ2v) is 9.94. The maximum absolute atomic E-state index is 13.0. The molecule has 3 aromatic rings. The Morgan fingerprint density at radius 3 is 2.44 bits per heavy atom. The summed E-state index contributed by atoms with van der Waals surface area (Å²) in [7, 11) is -3.73. The number of nitrogens with one attached hydrogen (secondary N) is 1. The zero-order chi connectivity index (χ0) is 24.1. The summed E-state index contributed by atoms with van der Waals surface area (Å²) in [4.78, 5) is 26.0. The predicted molar refractivity (Wildman–Crippen MR) is 124 cm³/mol. The number of anilines is 1. The highest BCUT2D eigenvalue weighted by molar-refractivity contribution is 7.89. The van der Waals surface area contributed by atoms with Gasteiger partial charge in [-0.15, -0.1) is 0 Å². The topological polar surface area (TPSA) is 119 Å². The highest BCUT2D eigenvalue weighted by atomic mass is 32.2. The highest BCUT2D eigenvalue weighted by Crippen LogP contribution is 2.24. The summed E-state index contributed by atoms with van der Waals surface area (Å²) in [6.45, 7) is 2.59. The van der Waals surface area contributed by atoms with Crippen LogP contribution in [0.3, 0.4) is 0 Å². The van der Waals surface area contributed by atoms with Crippen molar-refractivity contribution in [2.75, 3.05) is 18.4 Å². The zero-order valence-corrected chi connectivity index (χ0v) is 19.5. The van der Waals surface area contributed by atoms with Crippen LogP contribution in [0.15, 0.2) is 70.1 Å². The van der Waals surface area contributed by atoms with Crippen LogP contribution in [0.1, 0.15) is 47.0 Å². The Bertz CT molecular complexity index is 1270. The number of carbonyl (C=O) groups is 2. The standard InChI is InChI=1S/C24H25N3O6S/c1-17-15-21(26-33-17)25-23(28)22(18-9-4-2-5-10-18)32-24(29)19-11-8-12-20(16-19)34(30,31)27-13-6-3-7-14-27/h2,4-5,8-12,15-16,22H,3,6-7,13-14H2,1H3,(H,25,26,28)/t22-/m1/s1. The van der Waals surface area contributed by atoms with Gasteiger partial charge >= 0.3 is 5.97 Å². The molecule has 2 aromatic carbocycles. The molecule has 0 spiro atoms. The van der Waals surface area contributed by atoms with Crippen LogP contribution in [0.4, 0.5) is 5.82 Å². The number of aromatic nitrogens is 1. The van der Waals surface area contributed by atoms with E-state index in [1.807, 2.05) is 0 Å². The smallest absolute Gasteiger partial charge is 0.339 e. The van der Waals surface area contributed by atoms with Crippen molar-refractivity contribution in [1.82, 2.24) is 9.46 Å². The van der Waals surface area contributed by atoms with Gasteiger partial charge < -0.3 is 14.6 Å². The number of esters is 1. The van der Waals surface area contributed by atoms with Gasteiger partial charge in [0.2, 0.25) is 16.1 Å². The summed E-state index contributed by atoms with van der Waals surface area (Å²) in [5, 5.41) is 6.31. The van der Waals surface area contributed by atoms with Crippen LogP contribution in [0, 0.1) is 6.92 Å². The van der Waals surface area contributed by atoms with Crippen molar-refractivity contribution in [3.8, 4) is 0 Å². The van der Waals surface area contributed by atoms with Gasteiger partial charge in [-0.3, -0.25) is 4.79 Å². The molecule has 1 aliphatic rings. The lowest BCUT2D eigenvalue weighted by Crippen LogP contribution is -2.35. The second kappa shape index (κ2) is 10.2. The van der Waals surface area contributed by atoms with Crippen molar-refractivity contribution < 1.29 is 27.3 Å². The highest BCUT2D eigenvalue weighted by Gasteiger charge is 2.29. The van der Waals surface area contributed by atoms with Gasteiger partial charge in [-0.1, -0.05) is 48.0 Å². The second-order valence-electron chi connectivity index (χ2n) is 8.00. The number of sulfonamides is 1. The van der Waals surface area contributed by atoms with Crippen molar-refractivity contribution in [2.45, 2.75) is 37.2 Å². The number of piperidine rings is 1. The van der Waals surface area contributed by atoms with E-state index in [-0.39, 0.29) is 16.3 Å². The van der Waals surface area contributed by atoms with Gasteiger partial charge in [0.25, 0.3) is 5.91 Å². The van der Waals surface area contributed by atoms with Crippen LogP contribution in [0.25, 0.3) is 0 Å². The fourth-order valence-corrected chi connectivity index (χ4v) is 5.29. The van der Waals surface area contributed by atoms with Gasteiger partial charge in [-0.2, -0.15) is 4.31 Å². The van der Waals surface area contributed by atoms with Crippen LogP contribution < -0.4 is 5.32 Å². The minimum Gasteiger partial charge on any atom is -0.444 e. The monoisotopic (exact) mass is 483 g/mol. The van der Waals surface area contributed by atoms with E-state index >= 15 is 0 Å². The van der Waals surface area contributed by atoms with E-state index in [1.165, 1.54) is 34.6 Å². The number of hydrogen-bond donors (Lipinski definition) is 1. The fourth-order valence-electron chi connectivity index (χ4n) is 3.73. The quantitative estimate of drug-likeness (QED) is 0.509. The van der Waals surface area contributed by atoms with Gasteiger partial charge in [0.15, 0.2) is 5.82 Å². The van der Waals surface area contributed by atoms with E-state index in [2.05, 4.69) is 10.5 Å². The average Bonchev–Trinajstić information content (AvgIpc) is 3.27. The number of hydrogen-bond acceptors (Lipinski definition) is 7.